The smallest absolute Gasteiger partial charge is 0.337 e. The minimum absolute atomic E-state index is 0.0181. The van der Waals surface area contributed by atoms with Crippen LogP contribution in [0.1, 0.15) is 70.4 Å². The number of methoxy groups -OCH3 is 1. The first-order valence-corrected chi connectivity index (χ1v) is 19.6. The van der Waals surface area contributed by atoms with E-state index in [-0.39, 0.29) is 28.9 Å². The highest BCUT2D eigenvalue weighted by atomic mass is 16.5. The summed E-state index contributed by atoms with van der Waals surface area (Å²) in [5, 5.41) is 5.96. The van der Waals surface area contributed by atoms with Gasteiger partial charge in [-0.3, -0.25) is 4.79 Å². The molecule has 14 heteroatoms. The number of likely N-dealkylation sites (N-methyl/N-ethyl adjacent to an activating group) is 2. The van der Waals surface area contributed by atoms with E-state index in [1.54, 1.807) is 24.3 Å². The lowest BCUT2D eigenvalue weighted by molar-refractivity contribution is 0.0600. The summed E-state index contributed by atoms with van der Waals surface area (Å²) in [5.41, 5.74) is 21.1. The number of piperidine rings is 2. The van der Waals surface area contributed by atoms with Crippen LogP contribution in [-0.2, 0) is 17.6 Å². The number of primary amides is 1. The zero-order valence-corrected chi connectivity index (χ0v) is 33.9. The second-order valence-electron chi connectivity index (χ2n) is 15.7. The summed E-state index contributed by atoms with van der Waals surface area (Å²) in [7, 11) is 9.35. The number of nitrogens with one attached hydrogen (secondary N) is 2. The maximum Gasteiger partial charge on any atom is 0.337 e. The molecule has 0 aliphatic carbocycles. The average molecular weight is 766 g/mol. The first kappa shape index (κ1) is 45.2. The molecule has 2 aromatic rings. The van der Waals surface area contributed by atoms with Crippen LogP contribution < -0.4 is 27.8 Å². The summed E-state index contributed by atoms with van der Waals surface area (Å²) in [6.45, 7) is 7.21. The monoisotopic (exact) mass is 766 g/mol. The Labute approximate surface area is 328 Å². The second-order valence-corrected chi connectivity index (χ2v) is 15.7. The maximum absolute atomic E-state index is 12.3. The molecule has 5 amide bonds. The Morgan fingerprint density at radius 3 is 1.33 bits per heavy atom. The van der Waals surface area contributed by atoms with Crippen LogP contribution >= 0.6 is 0 Å². The molecule has 14 nitrogen and oxygen atoms in total. The van der Waals surface area contributed by atoms with E-state index in [9.17, 15) is 19.2 Å². The minimum Gasteiger partial charge on any atom is -0.465 e. The van der Waals surface area contributed by atoms with E-state index < -0.39 is 5.91 Å². The summed E-state index contributed by atoms with van der Waals surface area (Å²) in [5.74, 6) is -0.725. The number of amides is 5. The lowest BCUT2D eigenvalue weighted by Gasteiger charge is -2.41. The Morgan fingerprint density at radius 1 is 0.655 bits per heavy atom. The number of rotatable bonds is 16. The van der Waals surface area contributed by atoms with Gasteiger partial charge in [0.2, 0.25) is 5.91 Å². The summed E-state index contributed by atoms with van der Waals surface area (Å²) in [6, 6.07) is 15.0. The predicted molar refractivity (Wildman–Crippen MR) is 218 cm³/mol. The number of benzene rings is 2. The van der Waals surface area contributed by atoms with E-state index in [4.69, 9.17) is 21.9 Å². The fourth-order valence-electron chi connectivity index (χ4n) is 7.06. The molecule has 2 aliphatic heterocycles. The van der Waals surface area contributed by atoms with Crippen molar-refractivity contribution in [1.82, 2.24) is 30.2 Å². The van der Waals surface area contributed by atoms with Crippen LogP contribution in [0.25, 0.3) is 0 Å². The van der Waals surface area contributed by atoms with Crippen molar-refractivity contribution in [3.05, 3.63) is 70.8 Å². The number of hydrogen-bond acceptors (Lipinski definition) is 9. The maximum atomic E-state index is 12.3. The zero-order valence-electron chi connectivity index (χ0n) is 33.9. The van der Waals surface area contributed by atoms with Crippen LogP contribution in [0.2, 0.25) is 0 Å². The third kappa shape index (κ3) is 14.7. The average Bonchev–Trinajstić information content (AvgIpc) is 3.19. The number of esters is 1. The van der Waals surface area contributed by atoms with Gasteiger partial charge in [-0.05, 0) is 139 Å². The van der Waals surface area contributed by atoms with Crippen molar-refractivity contribution in [2.45, 2.75) is 51.4 Å². The number of carbonyl (C=O) groups is 4. The number of carbonyl (C=O) groups excluding carboxylic acids is 4. The largest absolute Gasteiger partial charge is 0.465 e. The summed E-state index contributed by atoms with van der Waals surface area (Å²) in [6.07, 6.45) is 7.47. The number of hydrogen-bond donors (Lipinski definition) is 5. The van der Waals surface area contributed by atoms with Crippen molar-refractivity contribution in [2.75, 3.05) is 101 Å². The standard InChI is InChI=1S/C21H34N4O3.C20H33N5O2/c1-24(2)15-12-23-20(27)25-13-10-21(16-22,11-14-25)9-8-17-4-6-18(7-5-17)19(26)28-3;1-24(2)14-11-23-19(27)25-12-9-20(15-21,10-13-25)8-7-16-3-5-17(6-4-16)18(22)26/h4-7H,8-16,22H2,1-3H3,(H,23,27);3-6H,7-15,21H2,1-2H3,(H2,22,26)(H,23,27). The van der Waals surface area contributed by atoms with E-state index in [0.717, 1.165) is 90.6 Å². The molecule has 8 N–H and O–H groups in total. The highest BCUT2D eigenvalue weighted by Gasteiger charge is 2.35. The van der Waals surface area contributed by atoms with Gasteiger partial charge in [-0.1, -0.05) is 24.3 Å². The van der Waals surface area contributed by atoms with Crippen LogP contribution in [-0.4, -0.2) is 144 Å². The minimum atomic E-state index is -0.406. The Bertz CT molecular complexity index is 1480. The normalized spacial score (nSPS) is 16.2. The number of urea groups is 2. The number of aryl methyl sites for hydroxylation is 2. The Kier molecular flexibility index (Phi) is 18.3. The van der Waals surface area contributed by atoms with Gasteiger partial charge in [0.25, 0.3) is 0 Å². The van der Waals surface area contributed by atoms with E-state index in [2.05, 4.69) is 10.6 Å². The molecule has 2 fully saturated rings. The molecule has 0 spiro atoms. The molecular weight excluding hydrogens is 699 g/mol. The zero-order chi connectivity index (χ0) is 40.4. The van der Waals surface area contributed by atoms with Crippen LogP contribution in [0.15, 0.2) is 48.5 Å². The van der Waals surface area contributed by atoms with Crippen LogP contribution in [0.4, 0.5) is 9.59 Å². The fraction of sp³-hybridized carbons (Fsp3) is 0.610. The Balaban J connectivity index is 0.000000296. The molecule has 2 saturated heterocycles. The van der Waals surface area contributed by atoms with Crippen molar-refractivity contribution < 1.29 is 23.9 Å². The predicted octanol–water partition coefficient (Wildman–Crippen LogP) is 2.75. The Morgan fingerprint density at radius 2 is 1.02 bits per heavy atom. The molecule has 0 atom stereocenters. The molecule has 0 unspecified atom stereocenters. The number of nitrogens with zero attached hydrogens (tertiary/aromatic N) is 4. The van der Waals surface area contributed by atoms with Crippen molar-refractivity contribution in [1.29, 1.82) is 0 Å². The first-order chi connectivity index (χ1) is 26.2. The van der Waals surface area contributed by atoms with Gasteiger partial charge >= 0.3 is 18.0 Å². The van der Waals surface area contributed by atoms with Gasteiger partial charge in [-0.2, -0.15) is 0 Å². The number of nitrogens with two attached hydrogens (primary N) is 3. The molecule has 0 saturated carbocycles. The van der Waals surface area contributed by atoms with Crippen LogP contribution in [0.3, 0.4) is 0 Å². The molecule has 55 heavy (non-hydrogen) atoms. The second kappa shape index (κ2) is 22.3. The number of likely N-dealkylation sites (tertiary alicyclic amines) is 2. The van der Waals surface area contributed by atoms with Gasteiger partial charge in [0, 0.05) is 57.9 Å². The van der Waals surface area contributed by atoms with Gasteiger partial charge < -0.3 is 52.2 Å². The summed E-state index contributed by atoms with van der Waals surface area (Å²) < 4.78 is 4.74. The lowest BCUT2D eigenvalue weighted by Crippen LogP contribution is -2.50. The molecular formula is C41H67N9O5. The Hall–Kier alpha value is -4.24. The van der Waals surface area contributed by atoms with E-state index in [0.29, 0.717) is 37.3 Å². The highest BCUT2D eigenvalue weighted by molar-refractivity contribution is 5.92. The number of ether oxygens (including phenoxy) is 1. The molecule has 4 rings (SSSR count). The quantitative estimate of drug-likeness (QED) is 0.160. The topological polar surface area (TPSA) is 193 Å². The third-order valence-electron chi connectivity index (χ3n) is 11.3. The fourth-order valence-corrected chi connectivity index (χ4v) is 7.06. The third-order valence-corrected chi connectivity index (χ3v) is 11.3. The van der Waals surface area contributed by atoms with E-state index in [1.165, 1.54) is 18.2 Å². The van der Waals surface area contributed by atoms with Gasteiger partial charge in [-0.15, -0.1) is 0 Å². The van der Waals surface area contributed by atoms with Crippen molar-refractivity contribution in [3.8, 4) is 0 Å². The van der Waals surface area contributed by atoms with E-state index >= 15 is 0 Å². The molecule has 0 bridgehead atoms. The van der Waals surface area contributed by atoms with Crippen LogP contribution in [0, 0.1) is 10.8 Å². The van der Waals surface area contributed by atoms with Crippen molar-refractivity contribution >= 4 is 23.9 Å². The molecule has 306 valence electrons. The van der Waals surface area contributed by atoms with E-state index in [1.807, 2.05) is 72.1 Å². The van der Waals surface area contributed by atoms with Gasteiger partial charge in [0.15, 0.2) is 0 Å². The molecule has 0 radical (unpaired) electrons. The first-order valence-electron chi connectivity index (χ1n) is 19.6. The van der Waals surface area contributed by atoms with Crippen LogP contribution in [0.5, 0.6) is 0 Å². The molecule has 2 aromatic carbocycles. The molecule has 2 aliphatic rings. The lowest BCUT2D eigenvalue weighted by atomic mass is 9.74. The summed E-state index contributed by atoms with van der Waals surface area (Å²) >= 11 is 0. The van der Waals surface area contributed by atoms with Gasteiger partial charge in [0.1, 0.15) is 0 Å². The van der Waals surface area contributed by atoms with Crippen molar-refractivity contribution in [2.24, 2.45) is 28.0 Å². The summed E-state index contributed by atoms with van der Waals surface area (Å²) in [4.78, 5) is 55.2. The highest BCUT2D eigenvalue weighted by Crippen LogP contribution is 2.36. The molecule has 0 aromatic heterocycles. The van der Waals surface area contributed by atoms with Gasteiger partial charge in [0.05, 0.1) is 12.7 Å². The van der Waals surface area contributed by atoms with Gasteiger partial charge in [-0.25, -0.2) is 14.4 Å². The van der Waals surface area contributed by atoms with Crippen molar-refractivity contribution in [3.63, 3.8) is 0 Å². The molecule has 2 heterocycles. The SMILES string of the molecule is CN(C)CCNC(=O)N1CCC(CN)(CCc2ccc(C(N)=O)cc2)CC1.COC(=O)c1ccc(CCC2(CN)CCN(C(=O)NCCN(C)C)CC2)cc1.